The minimum atomic E-state index is -4.54. The highest BCUT2D eigenvalue weighted by Gasteiger charge is 2.31. The molecule has 1 heterocycles. The smallest absolute Gasteiger partial charge is 0.416 e. The van der Waals surface area contributed by atoms with E-state index in [1.165, 1.54) is 6.07 Å². The number of nitrogens with zero attached hydrogens (tertiary/aromatic N) is 2. The summed E-state index contributed by atoms with van der Waals surface area (Å²) in [5, 5.41) is 2.66. The number of halogens is 5. The first-order valence-corrected chi connectivity index (χ1v) is 14.4. The van der Waals surface area contributed by atoms with Crippen LogP contribution in [0, 0.1) is 0 Å². The van der Waals surface area contributed by atoms with Crippen molar-refractivity contribution in [3.63, 3.8) is 0 Å². The lowest BCUT2D eigenvalue weighted by Crippen LogP contribution is -2.48. The summed E-state index contributed by atoms with van der Waals surface area (Å²) in [5.74, 6) is -0.137. The van der Waals surface area contributed by atoms with Crippen LogP contribution in [0.3, 0.4) is 0 Å². The number of alkyl halides is 3. The SMILES string of the molecule is CCN(CCOc1ccc(NC(=O)COc2ccc(C(F)(F)F)cc2Cl)cc1Cl)C1CCN(C(=O)OC(C)(C)C)CC1. The first kappa shape index (κ1) is 33.6. The molecule has 1 aliphatic heterocycles. The summed E-state index contributed by atoms with van der Waals surface area (Å²) in [4.78, 5) is 28.7. The third-order valence-corrected chi connectivity index (χ3v) is 7.10. The lowest BCUT2D eigenvalue weighted by molar-refractivity contribution is -0.137. The number of hydrogen-bond acceptors (Lipinski definition) is 6. The Balaban J connectivity index is 1.43. The topological polar surface area (TPSA) is 80.3 Å². The average molecular weight is 635 g/mol. The van der Waals surface area contributed by atoms with Crippen LogP contribution in [0.25, 0.3) is 0 Å². The van der Waals surface area contributed by atoms with Crippen molar-refractivity contribution < 1.29 is 37.0 Å². The number of amides is 2. The summed E-state index contributed by atoms with van der Waals surface area (Å²) in [6, 6.07) is 7.74. The van der Waals surface area contributed by atoms with Crippen LogP contribution in [0.2, 0.25) is 10.0 Å². The molecule has 3 rings (SSSR count). The van der Waals surface area contributed by atoms with E-state index in [1.807, 2.05) is 20.8 Å². The van der Waals surface area contributed by atoms with Gasteiger partial charge >= 0.3 is 12.3 Å². The standard InChI is InChI=1S/C29H36Cl2F3N3O5/c1-5-36(21-10-12-37(13-11-21)27(39)42-28(2,3)4)14-15-40-24-9-7-20(17-23(24)31)35-26(38)18-41-25-8-6-19(16-22(25)30)29(32,33)34/h6-9,16-17,21H,5,10-15,18H2,1-4H3,(H,35,38). The van der Waals surface area contributed by atoms with Crippen molar-refractivity contribution in [3.05, 3.63) is 52.0 Å². The monoisotopic (exact) mass is 633 g/mol. The highest BCUT2D eigenvalue weighted by molar-refractivity contribution is 6.32. The molecule has 0 radical (unpaired) electrons. The molecule has 0 aromatic heterocycles. The Kier molecular flexibility index (Phi) is 11.6. The predicted molar refractivity (Wildman–Crippen MR) is 156 cm³/mol. The van der Waals surface area contributed by atoms with Crippen LogP contribution in [-0.4, -0.2) is 72.8 Å². The van der Waals surface area contributed by atoms with Crippen LogP contribution in [-0.2, 0) is 15.7 Å². The van der Waals surface area contributed by atoms with Gasteiger partial charge in [-0.2, -0.15) is 13.2 Å². The highest BCUT2D eigenvalue weighted by Crippen LogP contribution is 2.35. The van der Waals surface area contributed by atoms with Crippen LogP contribution >= 0.6 is 23.2 Å². The van der Waals surface area contributed by atoms with Gasteiger partial charge in [0.05, 0.1) is 15.6 Å². The van der Waals surface area contributed by atoms with E-state index in [0.29, 0.717) is 48.7 Å². The maximum Gasteiger partial charge on any atom is 0.416 e. The zero-order valence-electron chi connectivity index (χ0n) is 24.0. The van der Waals surface area contributed by atoms with E-state index in [9.17, 15) is 22.8 Å². The molecule has 2 aromatic rings. The normalized spacial score (nSPS) is 14.6. The largest absolute Gasteiger partial charge is 0.491 e. The Hall–Kier alpha value is -2.89. The fourth-order valence-corrected chi connectivity index (χ4v) is 4.91. The number of carbonyl (C=O) groups is 2. The van der Waals surface area contributed by atoms with Crippen LogP contribution in [0.4, 0.5) is 23.7 Å². The number of hydrogen-bond donors (Lipinski definition) is 1. The molecule has 0 aliphatic carbocycles. The Labute approximate surface area is 254 Å². The van der Waals surface area contributed by atoms with Crippen LogP contribution in [0.1, 0.15) is 46.1 Å². The molecule has 0 atom stereocenters. The summed E-state index contributed by atoms with van der Waals surface area (Å²) >= 11 is 12.2. The third-order valence-electron chi connectivity index (χ3n) is 6.51. The van der Waals surface area contributed by atoms with E-state index in [2.05, 4.69) is 17.1 Å². The van der Waals surface area contributed by atoms with Gasteiger partial charge in [-0.25, -0.2) is 4.79 Å². The number of likely N-dealkylation sites (N-methyl/N-ethyl adjacent to an activating group) is 1. The van der Waals surface area contributed by atoms with Gasteiger partial charge in [-0.3, -0.25) is 9.69 Å². The Bertz CT molecular complexity index is 1230. The quantitative estimate of drug-likeness (QED) is 0.300. The van der Waals surface area contributed by atoms with Gasteiger partial charge in [0.1, 0.15) is 23.7 Å². The molecule has 0 spiro atoms. The van der Waals surface area contributed by atoms with Gasteiger partial charge in [-0.1, -0.05) is 30.1 Å². The molecule has 42 heavy (non-hydrogen) atoms. The summed E-state index contributed by atoms with van der Waals surface area (Å²) in [6.45, 7) is 10.4. The minimum absolute atomic E-state index is 0.0451. The summed E-state index contributed by atoms with van der Waals surface area (Å²) in [6.07, 6.45) is -3.13. The van der Waals surface area contributed by atoms with Crippen molar-refractivity contribution in [1.82, 2.24) is 9.80 Å². The van der Waals surface area contributed by atoms with Crippen molar-refractivity contribution in [2.75, 3.05) is 44.7 Å². The van der Waals surface area contributed by atoms with Gasteiger partial charge in [0.15, 0.2) is 6.61 Å². The Morgan fingerprint density at radius 2 is 1.62 bits per heavy atom. The summed E-state index contributed by atoms with van der Waals surface area (Å²) < 4.78 is 55.0. The first-order chi connectivity index (χ1) is 19.7. The minimum Gasteiger partial charge on any atom is -0.491 e. The molecule has 0 bridgehead atoms. The highest BCUT2D eigenvalue weighted by atomic mass is 35.5. The zero-order valence-corrected chi connectivity index (χ0v) is 25.5. The van der Waals surface area contributed by atoms with Crippen molar-refractivity contribution in [2.45, 2.75) is 58.4 Å². The van der Waals surface area contributed by atoms with Gasteiger partial charge in [-0.15, -0.1) is 0 Å². The summed E-state index contributed by atoms with van der Waals surface area (Å²) in [5.41, 5.74) is -1.04. The molecular weight excluding hydrogens is 598 g/mol. The lowest BCUT2D eigenvalue weighted by atomic mass is 10.0. The van der Waals surface area contributed by atoms with E-state index < -0.39 is 29.9 Å². The fraction of sp³-hybridized carbons (Fsp3) is 0.517. The van der Waals surface area contributed by atoms with Crippen LogP contribution in [0.15, 0.2) is 36.4 Å². The van der Waals surface area contributed by atoms with Gasteiger partial charge < -0.3 is 24.4 Å². The molecule has 1 aliphatic rings. The molecule has 1 fully saturated rings. The molecule has 1 N–H and O–H groups in total. The van der Waals surface area contributed by atoms with E-state index in [-0.39, 0.29) is 16.9 Å². The molecule has 8 nitrogen and oxygen atoms in total. The number of piperidine rings is 1. The van der Waals surface area contributed by atoms with Gasteiger partial charge in [0.2, 0.25) is 0 Å². The second kappa shape index (κ2) is 14.5. The third kappa shape index (κ3) is 10.1. The fourth-order valence-electron chi connectivity index (χ4n) is 4.44. The van der Waals surface area contributed by atoms with E-state index >= 15 is 0 Å². The molecule has 2 amide bonds. The number of benzene rings is 2. The van der Waals surface area contributed by atoms with Gasteiger partial charge in [0.25, 0.3) is 5.91 Å². The lowest BCUT2D eigenvalue weighted by Gasteiger charge is -2.38. The Morgan fingerprint density at radius 3 is 2.19 bits per heavy atom. The van der Waals surface area contributed by atoms with Crippen molar-refractivity contribution in [1.29, 1.82) is 0 Å². The average Bonchev–Trinajstić information content (AvgIpc) is 2.90. The number of ether oxygens (including phenoxy) is 3. The van der Waals surface area contributed by atoms with E-state index in [0.717, 1.165) is 37.6 Å². The van der Waals surface area contributed by atoms with Gasteiger partial charge in [-0.05, 0) is 76.6 Å². The van der Waals surface area contributed by atoms with E-state index in [4.69, 9.17) is 37.4 Å². The summed E-state index contributed by atoms with van der Waals surface area (Å²) in [7, 11) is 0. The second-order valence-electron chi connectivity index (χ2n) is 10.8. The Morgan fingerprint density at radius 1 is 1.00 bits per heavy atom. The first-order valence-electron chi connectivity index (χ1n) is 13.6. The number of anilines is 1. The van der Waals surface area contributed by atoms with Crippen LogP contribution < -0.4 is 14.8 Å². The molecule has 1 saturated heterocycles. The maximum absolute atomic E-state index is 12.8. The molecular formula is C29H36Cl2F3N3O5. The number of likely N-dealkylation sites (tertiary alicyclic amines) is 1. The predicted octanol–water partition coefficient (Wildman–Crippen LogP) is 7.13. The number of rotatable bonds is 10. The van der Waals surface area contributed by atoms with Crippen LogP contribution in [0.5, 0.6) is 11.5 Å². The second-order valence-corrected chi connectivity index (χ2v) is 11.6. The molecule has 13 heteroatoms. The molecule has 0 unspecified atom stereocenters. The van der Waals surface area contributed by atoms with Gasteiger partial charge in [0, 0.05) is 31.4 Å². The van der Waals surface area contributed by atoms with Crippen molar-refractivity contribution in [2.24, 2.45) is 0 Å². The number of carbonyl (C=O) groups excluding carboxylic acids is 2. The van der Waals surface area contributed by atoms with Crippen molar-refractivity contribution in [3.8, 4) is 11.5 Å². The van der Waals surface area contributed by atoms with Crippen molar-refractivity contribution >= 4 is 40.9 Å². The van der Waals surface area contributed by atoms with E-state index in [1.54, 1.807) is 17.0 Å². The molecule has 232 valence electrons. The molecule has 0 saturated carbocycles. The molecule has 2 aromatic carbocycles. The zero-order chi connectivity index (χ0) is 31.1. The number of nitrogens with one attached hydrogen (secondary N) is 1. The maximum atomic E-state index is 12.8.